The molecule has 186 valence electrons. The largest absolute Gasteiger partial charge is 0.484 e. The highest BCUT2D eigenvalue weighted by atomic mass is 32.2. The zero-order valence-corrected chi connectivity index (χ0v) is 21.7. The minimum atomic E-state index is -0.245. The monoisotopic (exact) mass is 495 g/mol. The van der Waals surface area contributed by atoms with Crippen LogP contribution < -0.4 is 15.4 Å². The number of carbonyl (C=O) groups excluding carboxylic acids is 2. The van der Waals surface area contributed by atoms with Gasteiger partial charge in [-0.3, -0.25) is 9.59 Å². The Kier molecular flexibility index (Phi) is 9.31. The van der Waals surface area contributed by atoms with E-state index in [2.05, 4.69) is 34.7 Å². The molecule has 2 N–H and O–H groups in total. The first kappa shape index (κ1) is 26.3. The molecule has 9 heteroatoms. The molecule has 0 radical (unpaired) electrons. The third kappa shape index (κ3) is 7.32. The standard InChI is InChI=1S/C26H33N5O3S/c1-6-31-23(14-27-24(32)15-34-21-12-10-20(11-13-21)17(2)3)29-30-26(31)35-16-25(33)28-22-9-7-8-18(4)19(22)5/h7-13,17H,6,14-16H2,1-5H3,(H,27,32)(H,28,33). The first-order chi connectivity index (χ1) is 16.8. The Bertz CT molecular complexity index is 1160. The summed E-state index contributed by atoms with van der Waals surface area (Å²) in [6.45, 7) is 11.0. The van der Waals surface area contributed by atoms with E-state index in [1.165, 1.54) is 17.3 Å². The zero-order chi connectivity index (χ0) is 25.4. The van der Waals surface area contributed by atoms with E-state index in [1.807, 2.05) is 67.8 Å². The van der Waals surface area contributed by atoms with E-state index in [0.29, 0.717) is 29.2 Å². The normalized spacial score (nSPS) is 10.9. The maximum Gasteiger partial charge on any atom is 0.258 e. The van der Waals surface area contributed by atoms with Gasteiger partial charge >= 0.3 is 0 Å². The van der Waals surface area contributed by atoms with Crippen molar-refractivity contribution < 1.29 is 14.3 Å². The second-order valence-corrected chi connectivity index (χ2v) is 9.46. The zero-order valence-electron chi connectivity index (χ0n) is 20.9. The Labute approximate surface area is 210 Å². The highest BCUT2D eigenvalue weighted by Crippen LogP contribution is 2.21. The molecular formula is C26H33N5O3S. The van der Waals surface area contributed by atoms with Crippen LogP contribution in [0, 0.1) is 13.8 Å². The Hall–Kier alpha value is -3.33. The first-order valence-electron chi connectivity index (χ1n) is 11.7. The second kappa shape index (κ2) is 12.4. The molecule has 1 aromatic heterocycles. The number of carbonyl (C=O) groups is 2. The summed E-state index contributed by atoms with van der Waals surface area (Å²) in [4.78, 5) is 24.7. The molecule has 0 saturated carbocycles. The van der Waals surface area contributed by atoms with Crippen LogP contribution in [0.15, 0.2) is 47.6 Å². The molecule has 3 rings (SSSR count). The Morgan fingerprint density at radius 3 is 2.49 bits per heavy atom. The predicted octanol–water partition coefficient (Wildman–Crippen LogP) is 4.46. The number of rotatable bonds is 11. The molecule has 3 aromatic rings. The average molecular weight is 496 g/mol. The van der Waals surface area contributed by atoms with E-state index in [4.69, 9.17) is 4.74 Å². The SMILES string of the molecule is CCn1c(CNC(=O)COc2ccc(C(C)C)cc2)nnc1SCC(=O)Nc1cccc(C)c1C. The van der Waals surface area contributed by atoms with E-state index in [1.54, 1.807) is 0 Å². The van der Waals surface area contributed by atoms with Gasteiger partial charge in [-0.1, -0.05) is 49.9 Å². The lowest BCUT2D eigenvalue weighted by molar-refractivity contribution is -0.123. The maximum absolute atomic E-state index is 12.5. The number of hydrogen-bond acceptors (Lipinski definition) is 6. The fourth-order valence-electron chi connectivity index (χ4n) is 3.40. The molecule has 0 atom stereocenters. The second-order valence-electron chi connectivity index (χ2n) is 8.52. The summed E-state index contributed by atoms with van der Waals surface area (Å²) in [7, 11) is 0. The number of anilines is 1. The molecule has 0 bridgehead atoms. The van der Waals surface area contributed by atoms with Crippen molar-refractivity contribution in [3.8, 4) is 5.75 Å². The van der Waals surface area contributed by atoms with Gasteiger partial charge in [-0.15, -0.1) is 10.2 Å². The van der Waals surface area contributed by atoms with Crippen molar-refractivity contribution in [1.29, 1.82) is 0 Å². The fraction of sp³-hybridized carbons (Fsp3) is 0.385. The lowest BCUT2D eigenvalue weighted by Gasteiger charge is -2.11. The maximum atomic E-state index is 12.5. The van der Waals surface area contributed by atoms with Gasteiger partial charge in [0.15, 0.2) is 17.6 Å². The van der Waals surface area contributed by atoms with Crippen LogP contribution in [0.3, 0.4) is 0 Å². The molecule has 0 fully saturated rings. The van der Waals surface area contributed by atoms with Crippen LogP contribution in [0.5, 0.6) is 5.75 Å². The minimum Gasteiger partial charge on any atom is -0.484 e. The van der Waals surface area contributed by atoms with E-state index < -0.39 is 0 Å². The summed E-state index contributed by atoms with van der Waals surface area (Å²) in [6.07, 6.45) is 0. The number of aryl methyl sites for hydroxylation is 1. The van der Waals surface area contributed by atoms with Crippen molar-refractivity contribution in [2.24, 2.45) is 0 Å². The molecule has 8 nitrogen and oxygen atoms in total. The summed E-state index contributed by atoms with van der Waals surface area (Å²) < 4.78 is 7.47. The number of benzene rings is 2. The number of nitrogens with zero attached hydrogens (tertiary/aromatic N) is 3. The number of nitrogens with one attached hydrogen (secondary N) is 2. The smallest absolute Gasteiger partial charge is 0.258 e. The lowest BCUT2D eigenvalue weighted by Crippen LogP contribution is -2.29. The molecule has 0 saturated heterocycles. The lowest BCUT2D eigenvalue weighted by atomic mass is 10.0. The Morgan fingerprint density at radius 2 is 1.80 bits per heavy atom. The summed E-state index contributed by atoms with van der Waals surface area (Å²) in [5.74, 6) is 1.58. The van der Waals surface area contributed by atoms with E-state index in [-0.39, 0.29) is 30.7 Å². The third-order valence-corrected chi connectivity index (χ3v) is 6.65. The molecular weight excluding hydrogens is 462 g/mol. The number of ether oxygens (including phenoxy) is 1. The summed E-state index contributed by atoms with van der Waals surface area (Å²) in [6, 6.07) is 13.6. The van der Waals surface area contributed by atoms with Gasteiger partial charge < -0.3 is 19.9 Å². The molecule has 1 heterocycles. The Balaban J connectivity index is 1.48. The molecule has 0 aliphatic rings. The van der Waals surface area contributed by atoms with Gasteiger partial charge in [0.05, 0.1) is 12.3 Å². The van der Waals surface area contributed by atoms with Crippen LogP contribution >= 0.6 is 11.8 Å². The van der Waals surface area contributed by atoms with Crippen molar-refractivity contribution in [2.75, 3.05) is 17.7 Å². The number of thioether (sulfide) groups is 1. The number of aromatic nitrogens is 3. The minimum absolute atomic E-state index is 0.0819. The molecule has 35 heavy (non-hydrogen) atoms. The van der Waals surface area contributed by atoms with E-state index in [0.717, 1.165) is 16.8 Å². The topological polar surface area (TPSA) is 98.1 Å². The van der Waals surface area contributed by atoms with Gasteiger partial charge in [0.1, 0.15) is 5.75 Å². The summed E-state index contributed by atoms with van der Waals surface area (Å²) in [5.41, 5.74) is 4.21. The molecule has 0 aliphatic heterocycles. The molecule has 2 amide bonds. The van der Waals surface area contributed by atoms with E-state index in [9.17, 15) is 9.59 Å². The van der Waals surface area contributed by atoms with Crippen LogP contribution in [0.4, 0.5) is 5.69 Å². The summed E-state index contributed by atoms with van der Waals surface area (Å²) in [5, 5.41) is 14.8. The molecule has 0 aliphatic carbocycles. The fourth-order valence-corrected chi connectivity index (χ4v) is 4.22. The van der Waals surface area contributed by atoms with Gasteiger partial charge in [0.2, 0.25) is 5.91 Å². The van der Waals surface area contributed by atoms with Crippen molar-refractivity contribution in [2.45, 2.75) is 58.8 Å². The Morgan fingerprint density at radius 1 is 1.06 bits per heavy atom. The van der Waals surface area contributed by atoms with E-state index >= 15 is 0 Å². The van der Waals surface area contributed by atoms with Gasteiger partial charge in [-0.25, -0.2) is 0 Å². The average Bonchev–Trinajstić information content (AvgIpc) is 3.25. The van der Waals surface area contributed by atoms with Gasteiger partial charge in [-0.2, -0.15) is 0 Å². The molecule has 0 spiro atoms. The van der Waals surface area contributed by atoms with Gasteiger partial charge in [0.25, 0.3) is 5.91 Å². The van der Waals surface area contributed by atoms with Crippen molar-refractivity contribution in [1.82, 2.24) is 20.1 Å². The van der Waals surface area contributed by atoms with Crippen LogP contribution in [0.25, 0.3) is 0 Å². The number of amides is 2. The molecule has 2 aromatic carbocycles. The van der Waals surface area contributed by atoms with Crippen LogP contribution in [-0.2, 0) is 22.7 Å². The van der Waals surface area contributed by atoms with Gasteiger partial charge in [0, 0.05) is 12.2 Å². The summed E-state index contributed by atoms with van der Waals surface area (Å²) >= 11 is 1.31. The third-order valence-electron chi connectivity index (χ3n) is 5.68. The van der Waals surface area contributed by atoms with Crippen LogP contribution in [0.1, 0.15) is 49.2 Å². The quantitative estimate of drug-likeness (QED) is 0.381. The highest BCUT2D eigenvalue weighted by molar-refractivity contribution is 7.99. The van der Waals surface area contributed by atoms with Crippen LogP contribution in [-0.4, -0.2) is 38.9 Å². The van der Waals surface area contributed by atoms with Crippen molar-refractivity contribution in [3.05, 3.63) is 65.0 Å². The predicted molar refractivity (Wildman–Crippen MR) is 139 cm³/mol. The number of hydrogen-bond donors (Lipinski definition) is 2. The van der Waals surface area contributed by atoms with Crippen LogP contribution in [0.2, 0.25) is 0 Å². The van der Waals surface area contributed by atoms with Crippen molar-refractivity contribution in [3.63, 3.8) is 0 Å². The van der Waals surface area contributed by atoms with Crippen molar-refractivity contribution >= 4 is 29.3 Å². The molecule has 0 unspecified atom stereocenters. The first-order valence-corrected chi connectivity index (χ1v) is 12.7. The highest BCUT2D eigenvalue weighted by Gasteiger charge is 2.15. The van der Waals surface area contributed by atoms with Gasteiger partial charge in [-0.05, 0) is 61.6 Å².